The number of nitrogens with one attached hydrogen (secondary N) is 1. The zero-order valence-electron chi connectivity index (χ0n) is 12.3. The first-order chi connectivity index (χ1) is 11.6. The predicted octanol–water partition coefficient (Wildman–Crippen LogP) is 4.50. The minimum absolute atomic E-state index is 0.174. The molecule has 1 aromatic carbocycles. The van der Waals surface area contributed by atoms with E-state index in [1.54, 1.807) is 42.6 Å². The van der Waals surface area contributed by atoms with Gasteiger partial charge >= 0.3 is 0 Å². The van der Waals surface area contributed by atoms with Gasteiger partial charge in [-0.25, -0.2) is 0 Å². The lowest BCUT2D eigenvalue weighted by Crippen LogP contribution is -2.12. The number of carbonyl (C=O) groups excluding carboxylic acids is 1. The molecule has 0 fully saturated rings. The Morgan fingerprint density at radius 1 is 1.25 bits per heavy atom. The fraction of sp³-hybridized carbons (Fsp3) is 0.0588. The maximum absolute atomic E-state index is 12.2. The van der Waals surface area contributed by atoms with Crippen molar-refractivity contribution >= 4 is 39.1 Å². The van der Waals surface area contributed by atoms with E-state index in [1.807, 2.05) is 0 Å². The van der Waals surface area contributed by atoms with Crippen molar-refractivity contribution in [2.24, 2.45) is 0 Å². The molecule has 2 aromatic heterocycles. The van der Waals surface area contributed by atoms with Crippen LogP contribution in [0.4, 0.5) is 5.69 Å². The maximum Gasteiger partial charge on any atom is 0.257 e. The lowest BCUT2D eigenvalue weighted by molar-refractivity contribution is 0.102. The number of pyridine rings is 1. The number of anilines is 1. The van der Waals surface area contributed by atoms with Crippen LogP contribution in [0.3, 0.4) is 0 Å². The van der Waals surface area contributed by atoms with Gasteiger partial charge in [-0.3, -0.25) is 9.78 Å². The molecule has 2 heterocycles. The van der Waals surface area contributed by atoms with Crippen LogP contribution in [0.15, 0.2) is 57.7 Å². The number of carbonyl (C=O) groups is 1. The number of aromatic nitrogens is 1. The van der Waals surface area contributed by atoms with E-state index in [2.05, 4.69) is 26.2 Å². The number of amides is 1. The molecule has 0 bridgehead atoms. The molecule has 0 atom stereocenters. The Balaban J connectivity index is 1.80. The Kier molecular flexibility index (Phi) is 4.99. The highest BCUT2D eigenvalue weighted by Gasteiger charge is 2.12. The van der Waals surface area contributed by atoms with Gasteiger partial charge in [-0.15, -0.1) is 0 Å². The van der Waals surface area contributed by atoms with Crippen LogP contribution in [0.5, 0.6) is 0 Å². The van der Waals surface area contributed by atoms with Gasteiger partial charge in [0.1, 0.15) is 18.1 Å². The molecule has 0 saturated heterocycles. The second kappa shape index (κ2) is 7.17. The van der Waals surface area contributed by atoms with Crippen molar-refractivity contribution in [3.8, 4) is 11.3 Å². The van der Waals surface area contributed by atoms with E-state index in [0.717, 1.165) is 4.47 Å². The van der Waals surface area contributed by atoms with Crippen molar-refractivity contribution in [2.45, 2.75) is 6.61 Å². The summed E-state index contributed by atoms with van der Waals surface area (Å²) in [4.78, 5) is 16.2. The molecule has 7 heteroatoms. The fourth-order valence-corrected chi connectivity index (χ4v) is 2.78. The molecule has 0 aliphatic carbocycles. The standard InChI is InChI=1S/C17H12BrClN2O3/c18-11-5-10(7-20-8-11)17(23)21-12-1-3-14(15(19)6-12)16-4-2-13(9-22)24-16/h1-8,22H,9H2,(H,21,23). The highest BCUT2D eigenvalue weighted by molar-refractivity contribution is 9.10. The van der Waals surface area contributed by atoms with E-state index < -0.39 is 0 Å². The molecule has 5 nitrogen and oxygen atoms in total. The molecule has 0 radical (unpaired) electrons. The summed E-state index contributed by atoms with van der Waals surface area (Å²) >= 11 is 9.56. The van der Waals surface area contributed by atoms with Crippen LogP contribution in [0.2, 0.25) is 5.02 Å². The van der Waals surface area contributed by atoms with E-state index in [4.69, 9.17) is 21.1 Å². The van der Waals surface area contributed by atoms with Crippen molar-refractivity contribution in [2.75, 3.05) is 5.32 Å². The molecule has 0 saturated carbocycles. The van der Waals surface area contributed by atoms with Crippen molar-refractivity contribution < 1.29 is 14.3 Å². The average Bonchev–Trinajstić information content (AvgIpc) is 3.04. The zero-order chi connectivity index (χ0) is 17.1. The predicted molar refractivity (Wildman–Crippen MR) is 95.0 cm³/mol. The summed E-state index contributed by atoms with van der Waals surface area (Å²) in [7, 11) is 0. The highest BCUT2D eigenvalue weighted by atomic mass is 79.9. The van der Waals surface area contributed by atoms with Crippen LogP contribution in [0, 0.1) is 0 Å². The first-order valence-electron chi connectivity index (χ1n) is 6.98. The van der Waals surface area contributed by atoms with Gasteiger partial charge in [0.2, 0.25) is 0 Å². The number of rotatable bonds is 4. The van der Waals surface area contributed by atoms with Gasteiger partial charge < -0.3 is 14.8 Å². The van der Waals surface area contributed by atoms with Gasteiger partial charge in [0, 0.05) is 28.1 Å². The number of aliphatic hydroxyl groups is 1. The van der Waals surface area contributed by atoms with E-state index in [1.165, 1.54) is 6.20 Å². The monoisotopic (exact) mass is 406 g/mol. The molecule has 3 aromatic rings. The number of hydrogen-bond acceptors (Lipinski definition) is 4. The van der Waals surface area contributed by atoms with Crippen molar-refractivity contribution in [1.29, 1.82) is 0 Å². The van der Waals surface area contributed by atoms with E-state index in [9.17, 15) is 4.79 Å². The van der Waals surface area contributed by atoms with E-state index in [0.29, 0.717) is 33.4 Å². The van der Waals surface area contributed by atoms with Crippen LogP contribution in [0.1, 0.15) is 16.1 Å². The van der Waals surface area contributed by atoms with Gasteiger partial charge in [-0.2, -0.15) is 0 Å². The number of nitrogens with zero attached hydrogens (tertiary/aromatic N) is 1. The largest absolute Gasteiger partial charge is 0.459 e. The summed E-state index contributed by atoms with van der Waals surface area (Å²) in [5.41, 5.74) is 1.67. The van der Waals surface area contributed by atoms with Crippen molar-refractivity contribution in [3.05, 3.63) is 69.6 Å². The molecule has 3 rings (SSSR count). The van der Waals surface area contributed by atoms with Crippen LogP contribution < -0.4 is 5.32 Å². The normalized spacial score (nSPS) is 10.6. The van der Waals surface area contributed by atoms with E-state index >= 15 is 0 Å². The minimum Gasteiger partial charge on any atom is -0.459 e. The third-order valence-electron chi connectivity index (χ3n) is 3.28. The number of hydrogen-bond donors (Lipinski definition) is 2. The molecular formula is C17H12BrClN2O3. The Bertz CT molecular complexity index is 895. The number of benzene rings is 1. The van der Waals surface area contributed by atoms with Crippen LogP contribution in [0.25, 0.3) is 11.3 Å². The smallest absolute Gasteiger partial charge is 0.257 e. The number of furan rings is 1. The topological polar surface area (TPSA) is 75.4 Å². The molecule has 2 N–H and O–H groups in total. The first-order valence-corrected chi connectivity index (χ1v) is 8.15. The van der Waals surface area contributed by atoms with Gasteiger partial charge in [0.05, 0.1) is 10.6 Å². The van der Waals surface area contributed by atoms with Crippen LogP contribution in [-0.4, -0.2) is 16.0 Å². The molecule has 0 aliphatic heterocycles. The second-order valence-corrected chi connectivity index (χ2v) is 6.29. The highest BCUT2D eigenvalue weighted by Crippen LogP contribution is 2.31. The molecule has 122 valence electrons. The molecule has 0 aliphatic rings. The Morgan fingerprint density at radius 2 is 2.08 bits per heavy atom. The Morgan fingerprint density at radius 3 is 2.75 bits per heavy atom. The lowest BCUT2D eigenvalue weighted by atomic mass is 10.1. The Labute approximate surface area is 151 Å². The minimum atomic E-state index is -0.284. The van der Waals surface area contributed by atoms with E-state index in [-0.39, 0.29) is 12.5 Å². The third kappa shape index (κ3) is 3.67. The van der Waals surface area contributed by atoms with Crippen molar-refractivity contribution in [3.63, 3.8) is 0 Å². The number of aliphatic hydroxyl groups excluding tert-OH is 1. The maximum atomic E-state index is 12.2. The number of halogens is 2. The molecule has 1 amide bonds. The molecule has 0 unspecified atom stereocenters. The van der Waals surface area contributed by atoms with Gasteiger partial charge in [0.25, 0.3) is 5.91 Å². The van der Waals surface area contributed by atoms with Gasteiger partial charge in [0.15, 0.2) is 0 Å². The SMILES string of the molecule is O=C(Nc1ccc(-c2ccc(CO)o2)c(Cl)c1)c1cncc(Br)c1. The zero-order valence-corrected chi connectivity index (χ0v) is 14.6. The van der Waals surface area contributed by atoms with Gasteiger partial charge in [-0.05, 0) is 52.3 Å². The van der Waals surface area contributed by atoms with Crippen LogP contribution in [-0.2, 0) is 6.61 Å². The summed E-state index contributed by atoms with van der Waals surface area (Å²) in [5.74, 6) is 0.729. The first kappa shape index (κ1) is 16.7. The van der Waals surface area contributed by atoms with Gasteiger partial charge in [-0.1, -0.05) is 11.6 Å². The lowest BCUT2D eigenvalue weighted by Gasteiger charge is -2.08. The molecular weight excluding hydrogens is 396 g/mol. The summed E-state index contributed by atoms with van der Waals surface area (Å²) in [6, 6.07) is 10.2. The molecule has 0 spiro atoms. The Hall–Kier alpha value is -2.15. The third-order valence-corrected chi connectivity index (χ3v) is 4.02. The second-order valence-electron chi connectivity index (χ2n) is 4.96. The quantitative estimate of drug-likeness (QED) is 0.667. The van der Waals surface area contributed by atoms with Crippen LogP contribution >= 0.6 is 27.5 Å². The average molecular weight is 408 g/mol. The summed E-state index contributed by atoms with van der Waals surface area (Å²) in [6.45, 7) is -0.174. The molecule has 24 heavy (non-hydrogen) atoms. The summed E-state index contributed by atoms with van der Waals surface area (Å²) < 4.78 is 6.19. The van der Waals surface area contributed by atoms with Crippen molar-refractivity contribution in [1.82, 2.24) is 4.98 Å². The summed E-state index contributed by atoms with van der Waals surface area (Å²) in [5, 5.41) is 12.3. The fourth-order valence-electron chi connectivity index (χ4n) is 2.14. The summed E-state index contributed by atoms with van der Waals surface area (Å²) in [6.07, 6.45) is 3.09.